The first-order chi connectivity index (χ1) is 57.5. The van der Waals surface area contributed by atoms with Crippen LogP contribution in [0.25, 0.3) is 0 Å². The van der Waals surface area contributed by atoms with E-state index in [-0.39, 0.29) is 183 Å². The number of nitrogens with two attached hydrogens (primary N) is 1. The van der Waals surface area contributed by atoms with E-state index in [9.17, 15) is 45.9 Å². The van der Waals surface area contributed by atoms with Gasteiger partial charge in [0.05, 0.1) is 48.3 Å². The third-order valence-corrected chi connectivity index (χ3v) is 268. The first kappa shape index (κ1) is 111. The number of nitrogens with zero attached hydrogens (tertiary/aromatic N) is 10. The molecule has 0 aliphatic carbocycles. The van der Waals surface area contributed by atoms with Gasteiger partial charge >= 0.3 is 127 Å². The number of aliphatic hydroxyl groups excluding tert-OH is 3. The summed E-state index contributed by atoms with van der Waals surface area (Å²) < 4.78 is 98.6. The molecule has 0 amide bonds. The number of carbonyl (C=O) groups is 5. The van der Waals surface area contributed by atoms with Crippen LogP contribution in [-0.4, -0.2) is 145 Å². The van der Waals surface area contributed by atoms with Gasteiger partial charge in [0.15, 0.2) is 29.1 Å². The molecule has 678 valence electrons. The number of ketones is 1. The number of aliphatic hydroxyl groups is 3. The molecule has 7 N–H and O–H groups in total. The van der Waals surface area contributed by atoms with Crippen molar-refractivity contribution in [1.82, 2.24) is 40.6 Å². The zero-order valence-corrected chi connectivity index (χ0v) is 86.9. The van der Waals surface area contributed by atoms with Gasteiger partial charge in [0.2, 0.25) is 29.4 Å². The minimum atomic E-state index is -3.97. The van der Waals surface area contributed by atoms with E-state index in [0.717, 1.165) is 29.4 Å². The second-order valence-corrected chi connectivity index (χ2v) is 146. The molecule has 0 saturated carbocycles. The number of ether oxygens (including phenoxy) is 4. The molecule has 33 nitrogen and oxygen atoms in total. The van der Waals surface area contributed by atoms with Crippen molar-refractivity contribution in [2.45, 2.75) is 181 Å². The van der Waals surface area contributed by atoms with Crippen LogP contribution in [0.4, 0.5) is 11.4 Å². The molecule has 44 heteroatoms. The van der Waals surface area contributed by atoms with Crippen molar-refractivity contribution in [1.29, 1.82) is 0 Å². The fourth-order valence-corrected chi connectivity index (χ4v) is 224. The van der Waals surface area contributed by atoms with Crippen LogP contribution in [0, 0.1) is 7.14 Å². The van der Waals surface area contributed by atoms with Crippen LogP contribution in [0.15, 0.2) is 194 Å². The van der Waals surface area contributed by atoms with E-state index in [1.807, 2.05) is 208 Å². The number of halogens is 9. The Kier molecular flexibility index (Phi) is 49.2. The summed E-state index contributed by atoms with van der Waals surface area (Å²) in [6, 6.07) is 47.8. The molecule has 10 aromatic rings. The minimum absolute atomic E-state index is 0. The van der Waals surface area contributed by atoms with Crippen molar-refractivity contribution in [2.24, 2.45) is 14.5 Å². The Labute approximate surface area is 803 Å². The second kappa shape index (κ2) is 55.0. The van der Waals surface area contributed by atoms with Gasteiger partial charge in [0.25, 0.3) is 25.9 Å². The van der Waals surface area contributed by atoms with E-state index in [4.69, 9.17) is 53.0 Å². The number of hydrogen-bond acceptors (Lipinski definition) is 31. The molecule has 124 heavy (non-hydrogen) atoms. The average Bonchev–Trinajstić information content (AvgIpc) is 0.972. The van der Waals surface area contributed by atoms with Crippen LogP contribution in [-0.2, 0) is 78.0 Å². The second-order valence-electron chi connectivity index (χ2n) is 27.1. The number of fused-ring (bicyclic) bond motifs is 2. The molecule has 4 aromatic heterocycles. The molecule has 4 unspecified atom stereocenters. The normalized spacial score (nSPS) is 13.7. The van der Waals surface area contributed by atoms with Crippen LogP contribution in [0.2, 0.25) is 0 Å². The topological polar surface area (TPSA) is 482 Å². The number of Topliss-reactive ketones (excluding diaryl/α,β-unsaturated/α-hetero) is 1. The van der Waals surface area contributed by atoms with Crippen LogP contribution in [0.3, 0.4) is 0 Å². The van der Waals surface area contributed by atoms with E-state index >= 15 is 0 Å². The molecule has 6 heterocycles. The summed E-state index contributed by atoms with van der Waals surface area (Å²) >= 11 is 15.5. The Bertz CT molecular complexity index is 5320. The summed E-state index contributed by atoms with van der Waals surface area (Å²) in [5.41, 5.74) is 9.07. The number of benzene rings is 6. The van der Waals surface area contributed by atoms with Crippen LogP contribution >= 0.6 is 135 Å². The monoisotopic (exact) mass is 2770 g/mol. The van der Waals surface area contributed by atoms with Gasteiger partial charge < -0.3 is 68.7 Å². The summed E-state index contributed by atoms with van der Waals surface area (Å²) in [7, 11) is -8.32. The van der Waals surface area contributed by atoms with E-state index < -0.39 is 54.9 Å². The number of carbonyl (C=O) groups excluding carboxylic acids is 5. The maximum Gasteiger partial charge on any atom is 0.286 e. The molecule has 0 radical (unpaired) electrons. The molecule has 6 aromatic carbocycles. The van der Waals surface area contributed by atoms with Crippen molar-refractivity contribution >= 4 is 208 Å². The molecule has 0 fully saturated rings. The van der Waals surface area contributed by atoms with Gasteiger partial charge in [0, 0.05) is 32.9 Å². The minimum Gasteiger partial charge on any atom is -0.388 e. The van der Waals surface area contributed by atoms with Crippen molar-refractivity contribution in [2.75, 3.05) is 30.4 Å². The Morgan fingerprint density at radius 1 is 0.484 bits per heavy atom. The van der Waals surface area contributed by atoms with Gasteiger partial charge in [-0.05, 0) is 184 Å². The van der Waals surface area contributed by atoms with Gasteiger partial charge in [-0.15, -0.1) is 8.80 Å². The summed E-state index contributed by atoms with van der Waals surface area (Å²) in [6.45, 7) is 14.2. The van der Waals surface area contributed by atoms with E-state index in [0.29, 0.717) is 55.8 Å². The third kappa shape index (κ3) is 36.2. The van der Waals surface area contributed by atoms with Gasteiger partial charge in [-0.2, -0.15) is 36.8 Å². The smallest absolute Gasteiger partial charge is 0.286 e. The number of nitrogens with one attached hydrogen (secondary N) is 2. The predicted octanol–water partition coefficient (Wildman–Crippen LogP) is 15.4. The Hall–Kier alpha value is -5.32. The molecule has 12 rings (SSSR count). The number of sulfonamides is 2. The number of amidine groups is 2. The van der Waals surface area contributed by atoms with Gasteiger partial charge in [-0.25, -0.2) is 9.59 Å². The standard InChI is InChI=1S/C20H17IN4O5S.C19H24N2O5.C17H22N2O4.C11H13N3O2.C10H9IN2O4S.3CH4.I7/c21-13-6-8-15-17(10-13)31(28,29)25-19(22-15)16(27)9-7-14(12-4-2-1-3-5-12)20-23-18(11-26)24-30-20;1-5-24-18(23)16-20-17(26-21-16)14(13-9-7-6-8-10-13)11-12-15(22)25-19(2,3)4;1-17(2,3)22-15(21)10-9-13(12-7-5-4-6-8-12)16-18-14(11-20)19-23-16;12-6-9(8-4-2-1-3-5-8)11-13-10(7-15)14-16-11;1-2-17-10(14)9-12-7-4-3-6(11)5-8(7)18(15,16)13-9;;;;1-5-7(4)6(2)3/h1-6,8,10,14,26H,7,9,11H2,(H,22,25);6-10,14H,5,11-12H2,1-4H3;4-8,13,20H,9-11H2,1-3H3;1-5,9,15H,6-7,12H2;3-5H,2H2,1H3,(H,12,13);3*1H4;/q;;;;;;;;-1. The quantitative estimate of drug-likeness (QED) is 0.0151. The fraction of sp³-hybridized carbons (Fsp3) is 0.362. The molecule has 2 aliphatic heterocycles. The van der Waals surface area contributed by atoms with E-state index in [1.54, 1.807) is 38.1 Å². The number of aromatic nitrogens is 8. The molecule has 2 aliphatic rings. The first-order valence-corrected chi connectivity index (χ1v) is 79.1. The van der Waals surface area contributed by atoms with E-state index in [1.165, 1.54) is 12.1 Å². The zero-order valence-electron chi connectivity index (χ0n) is 65.9. The number of rotatable bonds is 28. The van der Waals surface area contributed by atoms with Crippen LogP contribution in [0.1, 0.15) is 214 Å². The van der Waals surface area contributed by atoms with Crippen molar-refractivity contribution in [3.8, 4) is 0 Å². The fourth-order valence-electron chi connectivity index (χ4n) is 10.9. The van der Waals surface area contributed by atoms with Crippen molar-refractivity contribution in [3.05, 3.63) is 234 Å². The van der Waals surface area contributed by atoms with E-state index in [2.05, 4.69) is 134 Å². The van der Waals surface area contributed by atoms with Crippen LogP contribution < -0.4 is 29.6 Å². The Morgan fingerprint density at radius 2 is 0.815 bits per heavy atom. The molecule has 0 bridgehead atoms. The summed E-state index contributed by atoms with van der Waals surface area (Å²) in [6.07, 6.45) is 1.63. The number of esters is 4. The van der Waals surface area contributed by atoms with Crippen LogP contribution in [0.5, 0.6) is 0 Å². The first-order valence-electron chi connectivity index (χ1n) is 36.4. The zero-order chi connectivity index (χ0) is 88.6. The third-order valence-electron chi connectivity index (χ3n) is 16.0. The SMILES string of the molecule is C.C.C.CC(C)(C)OC(=O)CCC(c1ccccc1)c1nc(CO)no1.CCOC(=O)C1=NS(=O)(=O)c2cc(I)ccc2N1.CCOC(=O)c1noc(C(CCC(=O)OC(C)(C)C)c2ccccc2)n1.I[I-]I(I)I(I)I.NCC(c1ccccc1)c1nc(CO)no1.O=C(CCC(c1ccccc1)c1nc(CO)no1)C1=NS(=O)(=O)c2cc(I)ccc2N1. The van der Waals surface area contributed by atoms with Crippen molar-refractivity contribution < 1.29 is 106 Å². The molecular weight excluding hydrogens is 2670 g/mol. The summed E-state index contributed by atoms with van der Waals surface area (Å²) in [5.74, 6) is -2.10. The maximum atomic E-state index is 12.8. The molecule has 4 atom stereocenters. The number of hydrogen-bond donors (Lipinski definition) is 6. The van der Waals surface area contributed by atoms with Crippen molar-refractivity contribution in [3.63, 3.8) is 0 Å². The summed E-state index contributed by atoms with van der Waals surface area (Å²) in [4.78, 5) is 76.8. The predicted molar refractivity (Wildman–Crippen MR) is 533 cm³/mol. The Morgan fingerprint density at radius 3 is 1.15 bits per heavy atom. The van der Waals surface area contributed by atoms with Gasteiger partial charge in [-0.1, -0.05) is 159 Å². The average molecular weight is 2770 g/mol. The number of anilines is 2. The molecule has 0 spiro atoms. The maximum absolute atomic E-state index is 12.8. The van der Waals surface area contributed by atoms with Gasteiger partial charge in [-0.3, -0.25) is 14.4 Å². The largest absolute Gasteiger partial charge is 0.388 e. The Balaban J connectivity index is 0.000000322. The van der Waals surface area contributed by atoms with Gasteiger partial charge in [0.1, 0.15) is 40.8 Å². The summed E-state index contributed by atoms with van der Waals surface area (Å²) in [5, 5.41) is 47.4. The molecular formula is C80H97I9N13O20S2-. The molecule has 0 saturated heterocycles.